The molecule has 2 saturated heterocycles. The van der Waals surface area contributed by atoms with E-state index in [4.69, 9.17) is 4.74 Å². The third kappa shape index (κ3) is 4.58. The molecule has 7 nitrogen and oxygen atoms in total. The highest BCUT2D eigenvalue weighted by molar-refractivity contribution is 5.98. The van der Waals surface area contributed by atoms with E-state index in [1.54, 1.807) is 4.90 Å². The van der Waals surface area contributed by atoms with E-state index in [9.17, 15) is 27.9 Å². The first-order valence-electron chi connectivity index (χ1n) is 11.5. The van der Waals surface area contributed by atoms with E-state index in [-0.39, 0.29) is 40.9 Å². The molecule has 0 saturated carbocycles. The molecule has 2 bridgehead atoms. The summed E-state index contributed by atoms with van der Waals surface area (Å²) >= 11 is 0. The number of piperidine rings is 1. The van der Waals surface area contributed by atoms with Gasteiger partial charge in [-0.2, -0.15) is 0 Å². The summed E-state index contributed by atoms with van der Waals surface area (Å²) in [6, 6.07) is 9.00. The van der Waals surface area contributed by atoms with Crippen LogP contribution in [0.2, 0.25) is 0 Å². The Kier molecular flexibility index (Phi) is 6.26. The highest BCUT2D eigenvalue weighted by Gasteiger charge is 2.45. The van der Waals surface area contributed by atoms with E-state index < -0.39 is 35.0 Å². The van der Waals surface area contributed by atoms with E-state index in [1.165, 1.54) is 36.4 Å². The Bertz CT molecular complexity index is 1280. The lowest BCUT2D eigenvalue weighted by molar-refractivity contribution is 0.0542. The van der Waals surface area contributed by atoms with Crippen molar-refractivity contribution >= 4 is 11.8 Å². The van der Waals surface area contributed by atoms with Gasteiger partial charge in [0, 0.05) is 18.1 Å². The molecule has 3 aromatic rings. The molecule has 3 atom stereocenters. The first-order chi connectivity index (χ1) is 17.3. The molecule has 10 heteroatoms. The molecule has 5 rings (SSSR count). The number of phenolic OH excluding ortho intramolecular Hbond substituents is 1. The standard InChI is InChI=1S/C26H22F3N3O4/c27-14-4-8-19(9-5-14)36-25-20(10-15(28)13-30-25)24(34)31-16-11-17-6-7-18(12-16)32(17)26(35)23-21(29)2-1-3-22(23)33/h1-5,8-10,13,16-18,33H,6-7,11-12H2,(H,31,34)/t16?,17-,18+. The minimum Gasteiger partial charge on any atom is -0.507 e. The normalized spacial score (nSPS) is 20.8. The van der Waals surface area contributed by atoms with Gasteiger partial charge in [-0.05, 0) is 68.1 Å². The fraction of sp³-hybridized carbons (Fsp3) is 0.269. The number of hydrogen-bond acceptors (Lipinski definition) is 5. The molecule has 2 N–H and O–H groups in total. The quantitative estimate of drug-likeness (QED) is 0.539. The van der Waals surface area contributed by atoms with E-state index in [0.717, 1.165) is 18.3 Å². The Labute approximate surface area is 204 Å². The number of hydrogen-bond donors (Lipinski definition) is 2. The summed E-state index contributed by atoms with van der Waals surface area (Å²) in [7, 11) is 0. The number of halogens is 3. The summed E-state index contributed by atoms with van der Waals surface area (Å²) in [5.41, 5.74) is -0.480. The van der Waals surface area contributed by atoms with Gasteiger partial charge < -0.3 is 20.1 Å². The van der Waals surface area contributed by atoms with Crippen molar-refractivity contribution in [2.24, 2.45) is 0 Å². The monoisotopic (exact) mass is 497 g/mol. The number of phenols is 1. The smallest absolute Gasteiger partial charge is 0.261 e. The van der Waals surface area contributed by atoms with Gasteiger partial charge in [0.05, 0.1) is 6.20 Å². The first kappa shape index (κ1) is 23.7. The fourth-order valence-electron chi connectivity index (χ4n) is 5.03. The lowest BCUT2D eigenvalue weighted by Gasteiger charge is -2.39. The highest BCUT2D eigenvalue weighted by Crippen LogP contribution is 2.38. The van der Waals surface area contributed by atoms with Crippen LogP contribution >= 0.6 is 0 Å². The predicted octanol–water partition coefficient (Wildman–Crippen LogP) is 4.56. The average molecular weight is 497 g/mol. The van der Waals surface area contributed by atoms with E-state index >= 15 is 0 Å². The molecule has 2 aromatic carbocycles. The van der Waals surface area contributed by atoms with Crippen molar-refractivity contribution in [2.45, 2.75) is 43.8 Å². The number of fused-ring (bicyclic) bond motifs is 2. The van der Waals surface area contributed by atoms with E-state index in [1.807, 2.05) is 0 Å². The Balaban J connectivity index is 1.30. The fourth-order valence-corrected chi connectivity index (χ4v) is 5.03. The molecule has 2 aliphatic rings. The van der Waals surface area contributed by atoms with Gasteiger partial charge in [-0.1, -0.05) is 6.07 Å². The summed E-state index contributed by atoms with van der Waals surface area (Å²) < 4.78 is 47.0. The molecule has 2 aliphatic heterocycles. The van der Waals surface area contributed by atoms with Gasteiger partial charge in [-0.15, -0.1) is 0 Å². The number of benzene rings is 2. The molecular formula is C26H22F3N3O4. The third-order valence-electron chi connectivity index (χ3n) is 6.60. The Morgan fingerprint density at radius 3 is 2.36 bits per heavy atom. The van der Waals surface area contributed by atoms with Crippen LogP contribution in [-0.4, -0.2) is 44.9 Å². The second-order valence-corrected chi connectivity index (χ2v) is 8.94. The molecule has 186 valence electrons. The van der Waals surface area contributed by atoms with Crippen molar-refractivity contribution < 1.29 is 32.6 Å². The van der Waals surface area contributed by atoms with Gasteiger partial charge in [0.15, 0.2) is 0 Å². The summed E-state index contributed by atoms with van der Waals surface area (Å²) in [5, 5.41) is 12.9. The number of ether oxygens (including phenoxy) is 1. The SMILES string of the molecule is O=C(NC1C[C@H]2CC[C@@H](C1)N2C(=O)c1c(O)cccc1F)c1cc(F)cnc1Oc1ccc(F)cc1. The van der Waals surface area contributed by atoms with Crippen LogP contribution in [0.15, 0.2) is 54.7 Å². The van der Waals surface area contributed by atoms with Gasteiger partial charge >= 0.3 is 0 Å². The molecule has 0 radical (unpaired) electrons. The number of carbonyl (C=O) groups is 2. The molecule has 2 fully saturated rings. The van der Waals surface area contributed by atoms with Crippen LogP contribution in [0.3, 0.4) is 0 Å². The Morgan fingerprint density at radius 1 is 1.00 bits per heavy atom. The molecule has 1 aromatic heterocycles. The first-order valence-corrected chi connectivity index (χ1v) is 11.5. The van der Waals surface area contributed by atoms with Crippen molar-refractivity contribution in [3.8, 4) is 17.4 Å². The van der Waals surface area contributed by atoms with Crippen LogP contribution in [0, 0.1) is 17.5 Å². The topological polar surface area (TPSA) is 91.8 Å². The number of rotatable bonds is 5. The summed E-state index contributed by atoms with van der Waals surface area (Å²) in [5.74, 6) is -3.47. The Morgan fingerprint density at radius 2 is 1.69 bits per heavy atom. The average Bonchev–Trinajstić information content (AvgIpc) is 3.11. The molecule has 1 unspecified atom stereocenters. The number of aromatic hydroxyl groups is 1. The maximum atomic E-state index is 14.3. The van der Waals surface area contributed by atoms with Crippen LogP contribution in [-0.2, 0) is 0 Å². The zero-order valence-corrected chi connectivity index (χ0v) is 19.0. The highest BCUT2D eigenvalue weighted by atomic mass is 19.1. The number of nitrogens with zero attached hydrogens (tertiary/aromatic N) is 2. The second kappa shape index (κ2) is 9.52. The van der Waals surface area contributed by atoms with Crippen molar-refractivity contribution in [3.63, 3.8) is 0 Å². The second-order valence-electron chi connectivity index (χ2n) is 8.94. The maximum absolute atomic E-state index is 14.3. The zero-order valence-electron chi connectivity index (χ0n) is 19.0. The van der Waals surface area contributed by atoms with E-state index in [2.05, 4.69) is 10.3 Å². The maximum Gasteiger partial charge on any atom is 0.261 e. The summed E-state index contributed by atoms with van der Waals surface area (Å²) in [4.78, 5) is 31.6. The van der Waals surface area contributed by atoms with Crippen molar-refractivity contribution in [1.29, 1.82) is 0 Å². The van der Waals surface area contributed by atoms with Crippen LogP contribution < -0.4 is 10.1 Å². The summed E-state index contributed by atoms with van der Waals surface area (Å²) in [6.45, 7) is 0. The largest absolute Gasteiger partial charge is 0.507 e. The number of aromatic nitrogens is 1. The van der Waals surface area contributed by atoms with E-state index in [0.29, 0.717) is 25.7 Å². The van der Waals surface area contributed by atoms with Gasteiger partial charge in [-0.3, -0.25) is 9.59 Å². The number of amides is 2. The molecule has 3 heterocycles. The molecule has 2 amide bonds. The minimum absolute atomic E-state index is 0.124. The van der Waals surface area contributed by atoms with Crippen molar-refractivity contribution in [3.05, 3.63) is 83.3 Å². The minimum atomic E-state index is -0.790. The van der Waals surface area contributed by atoms with Gasteiger partial charge in [0.1, 0.15) is 40.1 Å². The van der Waals surface area contributed by atoms with Gasteiger partial charge in [0.25, 0.3) is 11.8 Å². The van der Waals surface area contributed by atoms with Crippen LogP contribution in [0.25, 0.3) is 0 Å². The molecule has 36 heavy (non-hydrogen) atoms. The number of nitrogens with one attached hydrogen (secondary N) is 1. The molecule has 0 aliphatic carbocycles. The molecular weight excluding hydrogens is 475 g/mol. The third-order valence-corrected chi connectivity index (χ3v) is 6.60. The van der Waals surface area contributed by atoms with Crippen LogP contribution in [0.1, 0.15) is 46.4 Å². The summed E-state index contributed by atoms with van der Waals surface area (Å²) in [6.07, 6.45) is 3.11. The lowest BCUT2D eigenvalue weighted by Crippen LogP contribution is -2.52. The van der Waals surface area contributed by atoms with Crippen molar-refractivity contribution in [2.75, 3.05) is 0 Å². The van der Waals surface area contributed by atoms with Crippen LogP contribution in [0.4, 0.5) is 13.2 Å². The Hall–Kier alpha value is -4.08. The van der Waals surface area contributed by atoms with Gasteiger partial charge in [0.2, 0.25) is 5.88 Å². The molecule has 0 spiro atoms. The predicted molar refractivity (Wildman–Crippen MR) is 122 cm³/mol. The van der Waals surface area contributed by atoms with Crippen molar-refractivity contribution in [1.82, 2.24) is 15.2 Å². The lowest BCUT2D eigenvalue weighted by atomic mass is 9.95. The van der Waals surface area contributed by atoms with Gasteiger partial charge in [-0.25, -0.2) is 18.2 Å². The zero-order chi connectivity index (χ0) is 25.4. The number of pyridine rings is 1. The number of carbonyl (C=O) groups excluding carboxylic acids is 2. The van der Waals surface area contributed by atoms with Crippen LogP contribution in [0.5, 0.6) is 17.4 Å².